The number of benzene rings is 1. The third kappa shape index (κ3) is 4.92. The van der Waals surface area contributed by atoms with Crippen molar-refractivity contribution in [3.8, 4) is 0 Å². The van der Waals surface area contributed by atoms with Crippen LogP contribution in [0.1, 0.15) is 19.8 Å². The number of hydrogen-bond donors (Lipinski definition) is 1. The van der Waals surface area contributed by atoms with Crippen molar-refractivity contribution in [1.82, 2.24) is 5.32 Å². The largest absolute Gasteiger partial charge is 0.377 e. The van der Waals surface area contributed by atoms with Gasteiger partial charge >= 0.3 is 0 Å². The zero-order valence-electron chi connectivity index (χ0n) is 10.7. The second kappa shape index (κ2) is 7.53. The van der Waals surface area contributed by atoms with E-state index in [1.807, 2.05) is 11.8 Å². The molecule has 1 saturated heterocycles. The number of rotatable bonds is 6. The van der Waals surface area contributed by atoms with Gasteiger partial charge in [0, 0.05) is 34.3 Å². The van der Waals surface area contributed by atoms with Crippen molar-refractivity contribution in [2.24, 2.45) is 0 Å². The second-order valence-electron chi connectivity index (χ2n) is 4.68. The van der Waals surface area contributed by atoms with Crippen molar-refractivity contribution in [3.63, 3.8) is 0 Å². The number of ether oxygens (including phenoxy) is 1. The van der Waals surface area contributed by atoms with Gasteiger partial charge in [-0.3, -0.25) is 0 Å². The zero-order chi connectivity index (χ0) is 12.8. The first-order chi connectivity index (χ1) is 8.74. The molecule has 1 aliphatic rings. The molecule has 1 heterocycles. The van der Waals surface area contributed by atoms with E-state index in [1.165, 1.54) is 17.7 Å². The first-order valence-electron chi connectivity index (χ1n) is 6.48. The predicted octanol–water partition coefficient (Wildman–Crippen LogP) is 3.70. The molecule has 0 saturated carbocycles. The van der Waals surface area contributed by atoms with Crippen LogP contribution in [0, 0.1) is 0 Å². The lowest BCUT2D eigenvalue weighted by Crippen LogP contribution is -2.30. The minimum absolute atomic E-state index is 0.440. The van der Waals surface area contributed by atoms with E-state index in [2.05, 4.69) is 52.4 Å². The summed E-state index contributed by atoms with van der Waals surface area (Å²) in [4.78, 5) is 1.32. The Morgan fingerprint density at radius 2 is 2.22 bits per heavy atom. The SMILES string of the molecule is CC(CNCC1CCCO1)Sc1ccc(Br)cc1. The third-order valence-corrected chi connectivity index (χ3v) is 4.62. The van der Waals surface area contributed by atoms with Gasteiger partial charge in [-0.2, -0.15) is 0 Å². The van der Waals surface area contributed by atoms with E-state index in [0.717, 1.165) is 24.2 Å². The van der Waals surface area contributed by atoms with Crippen LogP contribution in [0.25, 0.3) is 0 Å². The summed E-state index contributed by atoms with van der Waals surface area (Å²) in [6.07, 6.45) is 2.87. The number of nitrogens with one attached hydrogen (secondary N) is 1. The molecule has 1 aromatic carbocycles. The maximum Gasteiger partial charge on any atom is 0.0700 e. The van der Waals surface area contributed by atoms with Gasteiger partial charge in [0.15, 0.2) is 0 Å². The van der Waals surface area contributed by atoms with Crippen molar-refractivity contribution < 1.29 is 4.74 Å². The van der Waals surface area contributed by atoms with Crippen molar-refractivity contribution in [2.45, 2.75) is 36.0 Å². The summed E-state index contributed by atoms with van der Waals surface area (Å²) in [5.41, 5.74) is 0. The lowest BCUT2D eigenvalue weighted by atomic mass is 10.2. The predicted molar refractivity (Wildman–Crippen MR) is 81.3 cm³/mol. The Kier molecular flexibility index (Phi) is 6.02. The van der Waals surface area contributed by atoms with Crippen LogP contribution in [-0.4, -0.2) is 31.1 Å². The molecule has 100 valence electrons. The van der Waals surface area contributed by atoms with Crippen LogP contribution in [0.3, 0.4) is 0 Å². The average Bonchev–Trinajstić information content (AvgIpc) is 2.85. The van der Waals surface area contributed by atoms with Gasteiger partial charge in [-0.05, 0) is 37.1 Å². The van der Waals surface area contributed by atoms with E-state index in [1.54, 1.807) is 0 Å². The molecule has 2 atom stereocenters. The number of halogens is 1. The highest BCUT2D eigenvalue weighted by atomic mass is 79.9. The molecule has 0 aliphatic carbocycles. The first-order valence-corrected chi connectivity index (χ1v) is 8.16. The monoisotopic (exact) mass is 329 g/mol. The van der Waals surface area contributed by atoms with Gasteiger partial charge in [-0.25, -0.2) is 0 Å². The zero-order valence-corrected chi connectivity index (χ0v) is 13.1. The Labute approximate surface area is 122 Å². The van der Waals surface area contributed by atoms with Gasteiger partial charge < -0.3 is 10.1 Å². The highest BCUT2D eigenvalue weighted by Gasteiger charge is 2.15. The molecule has 0 radical (unpaired) electrons. The van der Waals surface area contributed by atoms with Gasteiger partial charge in [0.05, 0.1) is 6.10 Å². The summed E-state index contributed by atoms with van der Waals surface area (Å²) >= 11 is 5.37. The standard InChI is InChI=1S/C14H20BrNOS/c1-11(9-16-10-13-3-2-8-17-13)18-14-6-4-12(15)5-7-14/h4-7,11,13,16H,2-3,8-10H2,1H3. The maximum atomic E-state index is 5.59. The van der Waals surface area contributed by atoms with Gasteiger partial charge in [-0.15, -0.1) is 11.8 Å². The van der Waals surface area contributed by atoms with Crippen LogP contribution >= 0.6 is 27.7 Å². The highest BCUT2D eigenvalue weighted by molar-refractivity contribution is 9.10. The molecular weight excluding hydrogens is 310 g/mol. The molecule has 4 heteroatoms. The topological polar surface area (TPSA) is 21.3 Å². The summed E-state index contributed by atoms with van der Waals surface area (Å²) in [7, 11) is 0. The van der Waals surface area contributed by atoms with Crippen molar-refractivity contribution >= 4 is 27.7 Å². The van der Waals surface area contributed by atoms with Crippen LogP contribution in [0.15, 0.2) is 33.6 Å². The van der Waals surface area contributed by atoms with Gasteiger partial charge in [0.25, 0.3) is 0 Å². The minimum Gasteiger partial charge on any atom is -0.377 e. The Hall–Kier alpha value is -0.0300. The van der Waals surface area contributed by atoms with Gasteiger partial charge in [0.1, 0.15) is 0 Å². The van der Waals surface area contributed by atoms with Gasteiger partial charge in [-0.1, -0.05) is 22.9 Å². The van der Waals surface area contributed by atoms with E-state index in [0.29, 0.717) is 11.4 Å². The molecular formula is C14H20BrNOS. The molecule has 1 N–H and O–H groups in total. The smallest absolute Gasteiger partial charge is 0.0700 e. The number of hydrogen-bond acceptors (Lipinski definition) is 3. The molecule has 0 aromatic heterocycles. The third-order valence-electron chi connectivity index (χ3n) is 2.98. The second-order valence-corrected chi connectivity index (χ2v) is 7.10. The van der Waals surface area contributed by atoms with Crippen LogP contribution in [-0.2, 0) is 4.74 Å². The highest BCUT2D eigenvalue weighted by Crippen LogP contribution is 2.24. The van der Waals surface area contributed by atoms with Crippen LogP contribution in [0.5, 0.6) is 0 Å². The molecule has 0 amide bonds. The fourth-order valence-corrected chi connectivity index (χ4v) is 3.26. The first kappa shape index (κ1) is 14.4. The van der Waals surface area contributed by atoms with Crippen molar-refractivity contribution in [3.05, 3.63) is 28.7 Å². The van der Waals surface area contributed by atoms with E-state index in [-0.39, 0.29) is 0 Å². The molecule has 2 rings (SSSR count). The summed E-state index contributed by atoms with van der Waals surface area (Å²) < 4.78 is 6.73. The Morgan fingerprint density at radius 3 is 2.89 bits per heavy atom. The summed E-state index contributed by atoms with van der Waals surface area (Å²) in [5, 5.41) is 4.08. The lowest BCUT2D eigenvalue weighted by molar-refractivity contribution is 0.110. The summed E-state index contributed by atoms with van der Waals surface area (Å²) in [5.74, 6) is 0. The fourth-order valence-electron chi connectivity index (χ4n) is 2.04. The van der Waals surface area contributed by atoms with E-state index >= 15 is 0 Å². The van der Waals surface area contributed by atoms with Crippen LogP contribution in [0.2, 0.25) is 0 Å². The van der Waals surface area contributed by atoms with E-state index in [4.69, 9.17) is 4.74 Å². The fraction of sp³-hybridized carbons (Fsp3) is 0.571. The Morgan fingerprint density at radius 1 is 1.44 bits per heavy atom. The normalized spacial score (nSPS) is 21.1. The molecule has 1 aliphatic heterocycles. The molecule has 2 nitrogen and oxygen atoms in total. The molecule has 2 unspecified atom stereocenters. The lowest BCUT2D eigenvalue weighted by Gasteiger charge is -2.15. The number of thioether (sulfide) groups is 1. The molecule has 1 aromatic rings. The van der Waals surface area contributed by atoms with Gasteiger partial charge in [0.2, 0.25) is 0 Å². The average molecular weight is 330 g/mol. The van der Waals surface area contributed by atoms with Crippen molar-refractivity contribution in [1.29, 1.82) is 0 Å². The molecule has 0 bridgehead atoms. The van der Waals surface area contributed by atoms with E-state index < -0.39 is 0 Å². The van der Waals surface area contributed by atoms with Crippen molar-refractivity contribution in [2.75, 3.05) is 19.7 Å². The minimum atomic E-state index is 0.440. The Bertz CT molecular complexity index is 351. The van der Waals surface area contributed by atoms with Crippen LogP contribution < -0.4 is 5.32 Å². The summed E-state index contributed by atoms with van der Waals surface area (Å²) in [6.45, 7) is 5.22. The van der Waals surface area contributed by atoms with E-state index in [9.17, 15) is 0 Å². The summed E-state index contributed by atoms with van der Waals surface area (Å²) in [6, 6.07) is 8.50. The molecule has 0 spiro atoms. The molecule has 18 heavy (non-hydrogen) atoms. The quantitative estimate of drug-likeness (QED) is 0.804. The maximum absolute atomic E-state index is 5.59. The Balaban J connectivity index is 1.65. The molecule has 1 fully saturated rings. The van der Waals surface area contributed by atoms with Crippen LogP contribution in [0.4, 0.5) is 0 Å².